The van der Waals surface area contributed by atoms with E-state index in [1.807, 2.05) is 0 Å². The van der Waals surface area contributed by atoms with Gasteiger partial charge in [-0.15, -0.1) is 0 Å². The minimum absolute atomic E-state index is 0.259. The fourth-order valence-electron chi connectivity index (χ4n) is 3.56. The van der Waals surface area contributed by atoms with Gasteiger partial charge >= 0.3 is 0 Å². The molecule has 1 atom stereocenters. The van der Waals surface area contributed by atoms with Crippen molar-refractivity contribution in [1.82, 2.24) is 5.32 Å². The number of hydrogen-bond donors (Lipinski definition) is 2. The summed E-state index contributed by atoms with van der Waals surface area (Å²) >= 11 is 0. The number of hydrogen-bond acceptors (Lipinski definition) is 3. The number of rotatable bonds is 18. The maximum absolute atomic E-state index is 8.94. The molecule has 1 aliphatic heterocycles. The highest BCUT2D eigenvalue weighted by molar-refractivity contribution is 5.83. The zero-order valence-corrected chi connectivity index (χ0v) is 17.4. The monoisotopic (exact) mass is 364 g/mol. The summed E-state index contributed by atoms with van der Waals surface area (Å²) in [5.74, 6) is 1.17. The van der Waals surface area contributed by atoms with Crippen LogP contribution in [0.3, 0.4) is 0 Å². The van der Waals surface area contributed by atoms with Crippen LogP contribution >= 0.6 is 0 Å². The fourth-order valence-corrected chi connectivity index (χ4v) is 3.56. The van der Waals surface area contributed by atoms with Crippen molar-refractivity contribution in [2.24, 2.45) is 4.99 Å². The van der Waals surface area contributed by atoms with Crippen molar-refractivity contribution in [1.29, 1.82) is 0 Å². The summed E-state index contributed by atoms with van der Waals surface area (Å²) in [7, 11) is 0. The average molecular weight is 365 g/mol. The lowest BCUT2D eigenvalue weighted by atomic mass is 10.1. The standard InChI is InChI=1S/C23H44N2O/c1-2-3-4-5-6-7-8-9-10-11-12-13-14-15-16-17-18-23-24-21-22(25-23)19-20-26/h9-10,22,26H,2-8,11-21H2,1H3,(H,24,25). The van der Waals surface area contributed by atoms with Gasteiger partial charge in [0.25, 0.3) is 0 Å². The van der Waals surface area contributed by atoms with E-state index in [9.17, 15) is 0 Å². The van der Waals surface area contributed by atoms with E-state index in [2.05, 4.69) is 29.4 Å². The Morgan fingerprint density at radius 2 is 1.46 bits per heavy atom. The topological polar surface area (TPSA) is 44.6 Å². The van der Waals surface area contributed by atoms with Crippen molar-refractivity contribution in [3.8, 4) is 0 Å². The molecule has 0 radical (unpaired) electrons. The Bertz CT molecular complexity index is 365. The molecule has 1 heterocycles. The maximum atomic E-state index is 8.94. The van der Waals surface area contributed by atoms with Gasteiger partial charge in [-0.2, -0.15) is 0 Å². The van der Waals surface area contributed by atoms with Crippen LogP contribution in [0.1, 0.15) is 110 Å². The molecular formula is C23H44N2O. The molecule has 0 aromatic heterocycles. The molecule has 0 amide bonds. The Balaban J connectivity index is 1.76. The number of nitrogens with zero attached hydrogens (tertiary/aromatic N) is 1. The molecule has 3 heteroatoms. The molecule has 3 nitrogen and oxygen atoms in total. The predicted molar refractivity (Wildman–Crippen MR) is 115 cm³/mol. The molecule has 0 bridgehead atoms. The number of unbranched alkanes of at least 4 members (excludes halogenated alkanes) is 12. The molecule has 0 aliphatic carbocycles. The molecule has 26 heavy (non-hydrogen) atoms. The lowest BCUT2D eigenvalue weighted by molar-refractivity contribution is 0.274. The van der Waals surface area contributed by atoms with E-state index >= 15 is 0 Å². The number of nitrogens with one attached hydrogen (secondary N) is 1. The Hall–Kier alpha value is -0.830. The molecule has 152 valence electrons. The van der Waals surface area contributed by atoms with Gasteiger partial charge in [0, 0.05) is 19.1 Å². The van der Waals surface area contributed by atoms with E-state index in [0.29, 0.717) is 6.04 Å². The van der Waals surface area contributed by atoms with Crippen molar-refractivity contribution in [2.75, 3.05) is 13.2 Å². The first-order valence-corrected chi connectivity index (χ1v) is 11.4. The quantitative estimate of drug-likeness (QED) is 0.226. The van der Waals surface area contributed by atoms with Crippen molar-refractivity contribution >= 4 is 5.84 Å². The summed E-state index contributed by atoms with van der Waals surface area (Å²) in [4.78, 5) is 4.53. The molecule has 2 N–H and O–H groups in total. The zero-order valence-electron chi connectivity index (χ0n) is 17.4. The highest BCUT2D eigenvalue weighted by Crippen LogP contribution is 2.12. The summed E-state index contributed by atoms with van der Waals surface area (Å²) in [6, 6.07) is 0.379. The molecule has 0 aromatic carbocycles. The number of amidine groups is 1. The lowest BCUT2D eigenvalue weighted by Gasteiger charge is -2.09. The van der Waals surface area contributed by atoms with Crippen LogP contribution in [0.4, 0.5) is 0 Å². The predicted octanol–water partition coefficient (Wildman–Crippen LogP) is 6.17. The first-order chi connectivity index (χ1) is 12.9. The van der Waals surface area contributed by atoms with E-state index in [-0.39, 0.29) is 6.61 Å². The van der Waals surface area contributed by atoms with Crippen LogP contribution in [0, 0.1) is 0 Å². The molecular weight excluding hydrogens is 320 g/mol. The number of aliphatic hydroxyl groups excluding tert-OH is 1. The van der Waals surface area contributed by atoms with Crippen LogP contribution in [-0.2, 0) is 0 Å². The van der Waals surface area contributed by atoms with Gasteiger partial charge in [0.05, 0.1) is 12.4 Å². The van der Waals surface area contributed by atoms with Crippen LogP contribution in [0.2, 0.25) is 0 Å². The molecule has 1 unspecified atom stereocenters. The van der Waals surface area contributed by atoms with Gasteiger partial charge in [0.1, 0.15) is 0 Å². The largest absolute Gasteiger partial charge is 0.396 e. The van der Waals surface area contributed by atoms with E-state index in [4.69, 9.17) is 5.11 Å². The second-order valence-electron chi connectivity index (χ2n) is 7.83. The summed E-state index contributed by atoms with van der Waals surface area (Å²) < 4.78 is 0. The fraction of sp³-hybridized carbons (Fsp3) is 0.870. The number of allylic oxidation sites excluding steroid dienone is 2. The van der Waals surface area contributed by atoms with E-state index in [1.54, 1.807) is 0 Å². The second kappa shape index (κ2) is 17.6. The number of aliphatic imine (C=N–C) groups is 1. The molecule has 1 aliphatic rings. The second-order valence-corrected chi connectivity index (χ2v) is 7.83. The summed E-state index contributed by atoms with van der Waals surface area (Å²) in [5.41, 5.74) is 0. The van der Waals surface area contributed by atoms with Gasteiger partial charge in [-0.25, -0.2) is 0 Å². The van der Waals surface area contributed by atoms with E-state index in [0.717, 1.165) is 19.4 Å². The van der Waals surface area contributed by atoms with E-state index < -0.39 is 0 Å². The third-order valence-electron chi connectivity index (χ3n) is 5.28. The Morgan fingerprint density at radius 1 is 0.885 bits per heavy atom. The Kier molecular flexibility index (Phi) is 15.7. The average Bonchev–Trinajstić information content (AvgIpc) is 3.09. The van der Waals surface area contributed by atoms with Gasteiger partial charge in [-0.3, -0.25) is 4.99 Å². The SMILES string of the molecule is CCCCCCCCC=CCCCCCCCCC1=NCC(CCO)N1. The highest BCUT2D eigenvalue weighted by atomic mass is 16.3. The molecule has 0 saturated heterocycles. The minimum Gasteiger partial charge on any atom is -0.396 e. The molecule has 0 saturated carbocycles. The highest BCUT2D eigenvalue weighted by Gasteiger charge is 2.15. The molecule has 1 rings (SSSR count). The van der Waals surface area contributed by atoms with Gasteiger partial charge in [-0.1, -0.05) is 76.9 Å². The number of aliphatic hydroxyl groups is 1. The summed E-state index contributed by atoms with van der Waals surface area (Å²) in [6.07, 6.45) is 25.7. The zero-order chi connectivity index (χ0) is 18.7. The summed E-state index contributed by atoms with van der Waals surface area (Å²) in [5, 5.41) is 12.4. The van der Waals surface area contributed by atoms with Crippen molar-refractivity contribution in [3.05, 3.63) is 12.2 Å². The summed E-state index contributed by atoms with van der Waals surface area (Å²) in [6.45, 7) is 3.39. The Morgan fingerprint density at radius 3 is 2.08 bits per heavy atom. The van der Waals surface area contributed by atoms with Gasteiger partial charge in [0.15, 0.2) is 0 Å². The molecule has 0 aromatic rings. The first-order valence-electron chi connectivity index (χ1n) is 11.4. The van der Waals surface area contributed by atoms with Crippen LogP contribution in [0.5, 0.6) is 0 Å². The van der Waals surface area contributed by atoms with Gasteiger partial charge in [0.2, 0.25) is 0 Å². The third-order valence-corrected chi connectivity index (χ3v) is 5.28. The van der Waals surface area contributed by atoms with Crippen LogP contribution in [0.15, 0.2) is 17.1 Å². The van der Waals surface area contributed by atoms with Gasteiger partial charge in [-0.05, 0) is 38.5 Å². The smallest absolute Gasteiger partial charge is 0.0966 e. The maximum Gasteiger partial charge on any atom is 0.0966 e. The van der Waals surface area contributed by atoms with Crippen molar-refractivity contribution in [3.63, 3.8) is 0 Å². The van der Waals surface area contributed by atoms with Crippen molar-refractivity contribution in [2.45, 2.75) is 116 Å². The molecule has 0 spiro atoms. The van der Waals surface area contributed by atoms with Crippen LogP contribution < -0.4 is 5.32 Å². The van der Waals surface area contributed by atoms with Crippen LogP contribution in [-0.4, -0.2) is 30.1 Å². The Labute approximate surface area is 162 Å². The lowest BCUT2D eigenvalue weighted by Crippen LogP contribution is -2.30. The van der Waals surface area contributed by atoms with Gasteiger partial charge < -0.3 is 10.4 Å². The normalized spacial score (nSPS) is 17.0. The first kappa shape index (κ1) is 23.2. The minimum atomic E-state index is 0.259. The third kappa shape index (κ3) is 13.4. The van der Waals surface area contributed by atoms with Crippen LogP contribution in [0.25, 0.3) is 0 Å². The molecule has 0 fully saturated rings. The van der Waals surface area contributed by atoms with Crippen molar-refractivity contribution < 1.29 is 5.11 Å². The van der Waals surface area contributed by atoms with E-state index in [1.165, 1.54) is 95.7 Å².